The molecule has 0 saturated carbocycles. The van der Waals surface area contributed by atoms with Gasteiger partial charge in [-0.3, -0.25) is 4.79 Å². The molecule has 1 saturated heterocycles. The summed E-state index contributed by atoms with van der Waals surface area (Å²) in [5.74, 6) is -0.277. The fraction of sp³-hybridized carbons (Fsp3) is 0.385. The van der Waals surface area contributed by atoms with Gasteiger partial charge in [0.15, 0.2) is 5.82 Å². The molecule has 0 aliphatic carbocycles. The zero-order valence-corrected chi connectivity index (χ0v) is 22.2. The second-order valence-electron chi connectivity index (χ2n) is 9.95. The van der Waals surface area contributed by atoms with Gasteiger partial charge in [-0.15, -0.1) is 0 Å². The van der Waals surface area contributed by atoms with E-state index < -0.39 is 29.1 Å². The lowest BCUT2D eigenvalue weighted by Gasteiger charge is -2.30. The molecule has 36 heavy (non-hydrogen) atoms. The Labute approximate surface area is 217 Å². The molecular weight excluding hydrogens is 528 g/mol. The van der Waals surface area contributed by atoms with Gasteiger partial charge in [-0.2, -0.15) is 0 Å². The van der Waals surface area contributed by atoms with E-state index in [9.17, 15) is 19.8 Å². The van der Waals surface area contributed by atoms with Gasteiger partial charge in [0, 0.05) is 22.9 Å². The Morgan fingerprint density at radius 1 is 1.22 bits per heavy atom. The van der Waals surface area contributed by atoms with Crippen molar-refractivity contribution in [1.29, 1.82) is 0 Å². The van der Waals surface area contributed by atoms with Crippen LogP contribution in [0.5, 0.6) is 5.75 Å². The van der Waals surface area contributed by atoms with Crippen LogP contribution in [0.15, 0.2) is 46.9 Å². The minimum absolute atomic E-state index is 0.00765. The highest BCUT2D eigenvalue weighted by Crippen LogP contribution is 2.39. The molecule has 1 aliphatic rings. The molecule has 10 heteroatoms. The molecule has 2 aromatic carbocycles. The van der Waals surface area contributed by atoms with Gasteiger partial charge in [0.1, 0.15) is 22.6 Å². The Bertz CT molecular complexity index is 1330. The van der Waals surface area contributed by atoms with Crippen molar-refractivity contribution in [3.8, 4) is 17.1 Å². The summed E-state index contributed by atoms with van der Waals surface area (Å²) >= 11 is 3.42. The van der Waals surface area contributed by atoms with Crippen LogP contribution >= 0.6 is 15.9 Å². The van der Waals surface area contributed by atoms with Gasteiger partial charge in [0.05, 0.1) is 17.1 Å². The number of para-hydroxylation sites is 1. The number of halogens is 1. The molecule has 1 amide bonds. The summed E-state index contributed by atoms with van der Waals surface area (Å²) < 4.78 is 6.27. The van der Waals surface area contributed by atoms with Gasteiger partial charge in [-0.1, -0.05) is 35.0 Å². The molecule has 1 fully saturated rings. The highest BCUT2D eigenvalue weighted by atomic mass is 79.9. The second-order valence-corrected chi connectivity index (χ2v) is 10.9. The standard InChI is InChI=1S/C26H29BrN4O5/c1-5-26(23(33)34)14-31(24(35)36-25(2,3)4)13-20(26)29-21-16-8-6-7-9-18(16)28-22(30-21)17-12-15(27)10-11-19(17)32/h6-12,20,32H,5,13-14H2,1-4H3,(H,33,34)(H,28,29,30)/t20-,26-/m1/s1. The Morgan fingerprint density at radius 3 is 2.61 bits per heavy atom. The number of hydrogen-bond donors (Lipinski definition) is 3. The van der Waals surface area contributed by atoms with Crippen LogP contribution in [0.1, 0.15) is 34.1 Å². The number of nitrogens with zero attached hydrogens (tertiary/aromatic N) is 3. The predicted molar refractivity (Wildman–Crippen MR) is 140 cm³/mol. The number of carboxylic acid groups (broad SMARTS) is 1. The molecular formula is C26H29BrN4O5. The highest BCUT2D eigenvalue weighted by molar-refractivity contribution is 9.10. The van der Waals surface area contributed by atoms with E-state index in [2.05, 4.69) is 26.2 Å². The molecule has 4 rings (SSSR count). The summed E-state index contributed by atoms with van der Waals surface area (Å²) in [7, 11) is 0. The first-order chi connectivity index (χ1) is 16.9. The maximum Gasteiger partial charge on any atom is 0.410 e. The average Bonchev–Trinajstić information content (AvgIpc) is 3.19. The summed E-state index contributed by atoms with van der Waals surface area (Å²) in [5, 5.41) is 24.7. The SMILES string of the molecule is CC[C@@]1(C(=O)O)CN(C(=O)OC(C)(C)C)C[C@H]1Nc1nc(-c2cc(Br)ccc2O)nc2ccccc12. The molecule has 0 unspecified atom stereocenters. The Balaban J connectivity index is 1.78. The van der Waals surface area contributed by atoms with Gasteiger partial charge in [-0.05, 0) is 57.5 Å². The number of carboxylic acids is 1. The number of phenols is 1. The first kappa shape index (κ1) is 25.7. The Morgan fingerprint density at radius 2 is 1.94 bits per heavy atom. The van der Waals surface area contributed by atoms with Gasteiger partial charge in [0.2, 0.25) is 0 Å². The Kier molecular flexibility index (Phi) is 6.83. The van der Waals surface area contributed by atoms with Gasteiger partial charge < -0.3 is 25.2 Å². The van der Waals surface area contributed by atoms with Crippen molar-refractivity contribution in [2.75, 3.05) is 18.4 Å². The number of nitrogens with one attached hydrogen (secondary N) is 1. The number of benzene rings is 2. The average molecular weight is 557 g/mol. The lowest BCUT2D eigenvalue weighted by Crippen LogP contribution is -2.45. The van der Waals surface area contributed by atoms with Crippen molar-refractivity contribution in [1.82, 2.24) is 14.9 Å². The van der Waals surface area contributed by atoms with E-state index in [-0.39, 0.29) is 24.7 Å². The largest absolute Gasteiger partial charge is 0.507 e. The topological polar surface area (TPSA) is 125 Å². The van der Waals surface area contributed by atoms with Gasteiger partial charge >= 0.3 is 12.1 Å². The Hall–Kier alpha value is -3.40. The molecule has 0 radical (unpaired) electrons. The number of hydrogen-bond acceptors (Lipinski definition) is 7. The van der Waals surface area contributed by atoms with Crippen LogP contribution < -0.4 is 5.32 Å². The first-order valence-electron chi connectivity index (χ1n) is 11.7. The summed E-state index contributed by atoms with van der Waals surface area (Å²) in [6.07, 6.45) is -0.264. The fourth-order valence-corrected chi connectivity index (χ4v) is 4.81. The molecule has 190 valence electrons. The number of aromatic nitrogens is 2. The number of carbonyl (C=O) groups excluding carboxylic acids is 1. The van der Waals surface area contributed by atoms with Crippen molar-refractivity contribution >= 4 is 44.7 Å². The predicted octanol–water partition coefficient (Wildman–Crippen LogP) is 5.28. The smallest absolute Gasteiger partial charge is 0.410 e. The summed E-state index contributed by atoms with van der Waals surface area (Å²) in [5.41, 5.74) is -0.894. The van der Waals surface area contributed by atoms with E-state index >= 15 is 0 Å². The number of likely N-dealkylation sites (tertiary alicyclic amines) is 1. The molecule has 9 nitrogen and oxygen atoms in total. The molecule has 0 bridgehead atoms. The third kappa shape index (κ3) is 4.95. The zero-order valence-electron chi connectivity index (χ0n) is 20.6. The van der Waals surface area contributed by atoms with Crippen molar-refractivity contribution in [3.63, 3.8) is 0 Å². The maximum atomic E-state index is 12.8. The molecule has 2 atom stereocenters. The van der Waals surface area contributed by atoms with Crippen molar-refractivity contribution in [2.45, 2.75) is 45.8 Å². The zero-order chi connectivity index (χ0) is 26.3. The van der Waals surface area contributed by atoms with Crippen LogP contribution in [0.4, 0.5) is 10.6 Å². The minimum atomic E-state index is -1.25. The van der Waals surface area contributed by atoms with E-state index in [1.807, 2.05) is 24.3 Å². The molecule has 3 aromatic rings. The second kappa shape index (κ2) is 9.57. The molecule has 3 N–H and O–H groups in total. The van der Waals surface area contributed by atoms with E-state index in [1.54, 1.807) is 45.9 Å². The van der Waals surface area contributed by atoms with Crippen molar-refractivity contribution < 1.29 is 24.5 Å². The quantitative estimate of drug-likeness (QED) is 0.387. The fourth-order valence-electron chi connectivity index (χ4n) is 4.45. The summed E-state index contributed by atoms with van der Waals surface area (Å²) in [6, 6.07) is 11.7. The number of fused-ring (bicyclic) bond motifs is 1. The number of anilines is 1. The maximum absolute atomic E-state index is 12.8. The number of rotatable bonds is 5. The molecule has 2 heterocycles. The molecule has 0 spiro atoms. The third-order valence-electron chi connectivity index (χ3n) is 6.37. The number of ether oxygens (including phenoxy) is 1. The lowest BCUT2D eigenvalue weighted by molar-refractivity contribution is -0.148. The lowest BCUT2D eigenvalue weighted by atomic mass is 9.80. The number of amides is 1. The number of aliphatic carboxylic acids is 1. The van der Waals surface area contributed by atoms with Crippen LogP contribution in [0.2, 0.25) is 0 Å². The summed E-state index contributed by atoms with van der Waals surface area (Å²) in [6.45, 7) is 7.25. The van der Waals surface area contributed by atoms with E-state index in [4.69, 9.17) is 9.72 Å². The van der Waals surface area contributed by atoms with Crippen LogP contribution in [-0.2, 0) is 9.53 Å². The van der Waals surface area contributed by atoms with E-state index in [0.717, 1.165) is 4.47 Å². The highest BCUT2D eigenvalue weighted by Gasteiger charge is 2.53. The number of aromatic hydroxyl groups is 1. The van der Waals surface area contributed by atoms with Gasteiger partial charge in [0.25, 0.3) is 0 Å². The minimum Gasteiger partial charge on any atom is -0.507 e. The third-order valence-corrected chi connectivity index (χ3v) is 6.86. The van der Waals surface area contributed by atoms with E-state index in [0.29, 0.717) is 28.7 Å². The molecule has 1 aromatic heterocycles. The van der Waals surface area contributed by atoms with Gasteiger partial charge in [-0.25, -0.2) is 14.8 Å². The van der Waals surface area contributed by atoms with Crippen molar-refractivity contribution in [3.05, 3.63) is 46.9 Å². The monoisotopic (exact) mass is 556 g/mol. The van der Waals surface area contributed by atoms with Crippen LogP contribution in [0.3, 0.4) is 0 Å². The normalized spacial score (nSPS) is 19.9. The van der Waals surface area contributed by atoms with Crippen LogP contribution in [-0.4, -0.2) is 61.9 Å². The number of carbonyl (C=O) groups is 2. The van der Waals surface area contributed by atoms with Crippen molar-refractivity contribution in [2.24, 2.45) is 5.41 Å². The molecule has 1 aliphatic heterocycles. The van der Waals surface area contributed by atoms with Crippen LogP contribution in [0, 0.1) is 5.41 Å². The van der Waals surface area contributed by atoms with E-state index in [1.165, 1.54) is 4.90 Å². The first-order valence-corrected chi connectivity index (χ1v) is 12.5. The summed E-state index contributed by atoms with van der Waals surface area (Å²) in [4.78, 5) is 36.1. The van der Waals surface area contributed by atoms with Crippen LogP contribution in [0.25, 0.3) is 22.3 Å². The number of phenolic OH excluding ortho intramolecular Hbond substituents is 1.